The number of esters is 1. The third-order valence-corrected chi connectivity index (χ3v) is 3.04. The lowest BCUT2D eigenvalue weighted by Gasteiger charge is -2.02. The van der Waals surface area contributed by atoms with Gasteiger partial charge in [-0.2, -0.15) is 0 Å². The first-order chi connectivity index (χ1) is 10.3. The van der Waals surface area contributed by atoms with Crippen molar-refractivity contribution in [1.82, 2.24) is 0 Å². The molecule has 0 fully saturated rings. The molecule has 0 radical (unpaired) electrons. The van der Waals surface area contributed by atoms with Gasteiger partial charge >= 0.3 is 5.97 Å². The molecular weight excluding hydrogens is 266 g/mol. The molecule has 0 atom stereocenters. The van der Waals surface area contributed by atoms with Crippen molar-refractivity contribution in [2.45, 2.75) is 0 Å². The summed E-state index contributed by atoms with van der Waals surface area (Å²) in [7, 11) is 1.59. The predicted molar refractivity (Wildman–Crippen MR) is 80.0 cm³/mol. The van der Waals surface area contributed by atoms with Gasteiger partial charge in [0.2, 0.25) is 5.90 Å². The topological polar surface area (TPSA) is 47.9 Å². The molecule has 0 aliphatic carbocycles. The number of hydrogen-bond acceptors (Lipinski definition) is 4. The summed E-state index contributed by atoms with van der Waals surface area (Å²) in [5.74, 6) is 0.532. The molecule has 4 heteroatoms. The summed E-state index contributed by atoms with van der Waals surface area (Å²) in [5, 5.41) is 0. The third-order valence-electron chi connectivity index (χ3n) is 3.04. The van der Waals surface area contributed by atoms with E-state index in [0.29, 0.717) is 22.9 Å². The molecule has 4 nitrogen and oxygen atoms in total. The van der Waals surface area contributed by atoms with Crippen molar-refractivity contribution < 1.29 is 14.3 Å². The van der Waals surface area contributed by atoms with Gasteiger partial charge in [-0.25, -0.2) is 9.79 Å². The quantitative estimate of drug-likeness (QED) is 0.641. The Morgan fingerprint density at radius 3 is 2.67 bits per heavy atom. The minimum absolute atomic E-state index is 0.291. The van der Waals surface area contributed by atoms with E-state index in [0.717, 1.165) is 5.56 Å². The summed E-state index contributed by atoms with van der Waals surface area (Å²) < 4.78 is 10.4. The maximum Gasteiger partial charge on any atom is 0.363 e. The number of cyclic esters (lactones) is 1. The normalized spacial score (nSPS) is 15.8. The Kier molecular flexibility index (Phi) is 3.51. The van der Waals surface area contributed by atoms with Gasteiger partial charge in [-0.15, -0.1) is 0 Å². The van der Waals surface area contributed by atoms with E-state index in [-0.39, 0.29) is 0 Å². The molecule has 1 aliphatic heterocycles. The average Bonchev–Trinajstić information content (AvgIpc) is 2.89. The zero-order chi connectivity index (χ0) is 14.7. The van der Waals surface area contributed by atoms with Crippen LogP contribution in [0.4, 0.5) is 0 Å². The molecule has 2 aromatic rings. The summed E-state index contributed by atoms with van der Waals surface area (Å²) in [6.45, 7) is 0. The zero-order valence-electron chi connectivity index (χ0n) is 11.4. The highest BCUT2D eigenvalue weighted by Crippen LogP contribution is 2.21. The minimum atomic E-state index is -0.448. The smallest absolute Gasteiger partial charge is 0.363 e. The van der Waals surface area contributed by atoms with E-state index in [1.807, 2.05) is 48.5 Å². The van der Waals surface area contributed by atoms with Crippen LogP contribution in [-0.4, -0.2) is 19.0 Å². The van der Waals surface area contributed by atoms with Gasteiger partial charge in [-0.3, -0.25) is 0 Å². The van der Waals surface area contributed by atoms with E-state index in [1.54, 1.807) is 19.3 Å². The lowest BCUT2D eigenvalue weighted by molar-refractivity contribution is -0.129. The van der Waals surface area contributed by atoms with Crippen LogP contribution in [0.2, 0.25) is 0 Å². The number of nitrogens with zero attached hydrogens (tertiary/aromatic N) is 1. The number of carbonyl (C=O) groups is 1. The van der Waals surface area contributed by atoms with E-state index in [1.165, 1.54) is 0 Å². The van der Waals surface area contributed by atoms with Gasteiger partial charge < -0.3 is 9.47 Å². The van der Waals surface area contributed by atoms with Crippen LogP contribution in [-0.2, 0) is 9.53 Å². The van der Waals surface area contributed by atoms with Crippen LogP contribution in [0.3, 0.4) is 0 Å². The Labute approximate surface area is 122 Å². The standard InChI is InChI=1S/C17H13NO3/c1-20-14-9-5-8-13(11-14)16-18-15(17(19)21-16)10-12-6-3-2-4-7-12/h2-11H,1H3/b15-10+. The van der Waals surface area contributed by atoms with Gasteiger partial charge in [-0.05, 0) is 29.8 Å². The first-order valence-corrected chi connectivity index (χ1v) is 6.48. The Morgan fingerprint density at radius 1 is 1.10 bits per heavy atom. The molecule has 2 aromatic carbocycles. The number of rotatable bonds is 3. The molecule has 0 saturated heterocycles. The first kappa shape index (κ1) is 13.1. The molecule has 0 unspecified atom stereocenters. The Bertz CT molecular complexity index is 733. The number of methoxy groups -OCH3 is 1. The van der Waals surface area contributed by atoms with Crippen molar-refractivity contribution in [1.29, 1.82) is 0 Å². The first-order valence-electron chi connectivity index (χ1n) is 6.48. The summed E-state index contributed by atoms with van der Waals surface area (Å²) in [5.41, 5.74) is 1.90. The van der Waals surface area contributed by atoms with Crippen LogP contribution in [0, 0.1) is 0 Å². The van der Waals surface area contributed by atoms with Gasteiger partial charge in [0.1, 0.15) is 5.75 Å². The van der Waals surface area contributed by atoms with Gasteiger partial charge in [0.05, 0.1) is 7.11 Å². The third kappa shape index (κ3) is 2.84. The average molecular weight is 279 g/mol. The van der Waals surface area contributed by atoms with Gasteiger partial charge in [0, 0.05) is 5.56 Å². The molecule has 1 aliphatic rings. The fourth-order valence-corrected chi connectivity index (χ4v) is 2.00. The molecule has 21 heavy (non-hydrogen) atoms. The molecule has 104 valence electrons. The Morgan fingerprint density at radius 2 is 1.90 bits per heavy atom. The number of hydrogen-bond donors (Lipinski definition) is 0. The maximum atomic E-state index is 11.9. The van der Waals surface area contributed by atoms with E-state index in [4.69, 9.17) is 9.47 Å². The summed E-state index contributed by atoms with van der Waals surface area (Å²) in [4.78, 5) is 16.1. The molecule has 0 spiro atoms. The second-order valence-electron chi connectivity index (χ2n) is 4.48. The summed E-state index contributed by atoms with van der Waals surface area (Å²) in [6.07, 6.45) is 1.70. The van der Waals surface area contributed by atoms with Crippen LogP contribution in [0.1, 0.15) is 11.1 Å². The van der Waals surface area contributed by atoms with Crippen molar-refractivity contribution in [2.75, 3.05) is 7.11 Å². The zero-order valence-corrected chi connectivity index (χ0v) is 11.4. The molecule has 0 aromatic heterocycles. The van der Waals surface area contributed by atoms with Crippen LogP contribution < -0.4 is 4.74 Å². The van der Waals surface area contributed by atoms with Crippen LogP contribution in [0.15, 0.2) is 65.3 Å². The van der Waals surface area contributed by atoms with Crippen molar-refractivity contribution in [2.24, 2.45) is 4.99 Å². The van der Waals surface area contributed by atoms with E-state index in [2.05, 4.69) is 4.99 Å². The van der Waals surface area contributed by atoms with Crippen molar-refractivity contribution in [3.05, 3.63) is 71.4 Å². The second-order valence-corrected chi connectivity index (χ2v) is 4.48. The van der Waals surface area contributed by atoms with Crippen molar-refractivity contribution >= 4 is 17.9 Å². The number of carbonyl (C=O) groups excluding carboxylic acids is 1. The largest absolute Gasteiger partial charge is 0.497 e. The highest BCUT2D eigenvalue weighted by atomic mass is 16.6. The van der Waals surface area contributed by atoms with E-state index >= 15 is 0 Å². The minimum Gasteiger partial charge on any atom is -0.497 e. The summed E-state index contributed by atoms with van der Waals surface area (Å²) >= 11 is 0. The molecule has 0 bridgehead atoms. The van der Waals surface area contributed by atoms with Crippen LogP contribution >= 0.6 is 0 Å². The van der Waals surface area contributed by atoms with Crippen LogP contribution in [0.25, 0.3) is 6.08 Å². The van der Waals surface area contributed by atoms with Gasteiger partial charge in [-0.1, -0.05) is 36.4 Å². The Balaban J connectivity index is 1.93. The van der Waals surface area contributed by atoms with Gasteiger partial charge in [0.25, 0.3) is 0 Å². The summed E-state index contributed by atoms with van der Waals surface area (Å²) in [6, 6.07) is 16.8. The van der Waals surface area contributed by atoms with E-state index in [9.17, 15) is 4.79 Å². The van der Waals surface area contributed by atoms with Crippen LogP contribution in [0.5, 0.6) is 5.75 Å². The fraction of sp³-hybridized carbons (Fsp3) is 0.0588. The van der Waals surface area contributed by atoms with Gasteiger partial charge in [0.15, 0.2) is 5.70 Å². The molecule has 0 saturated carbocycles. The highest BCUT2D eigenvalue weighted by molar-refractivity contribution is 6.12. The highest BCUT2D eigenvalue weighted by Gasteiger charge is 2.24. The second kappa shape index (κ2) is 5.63. The molecule has 0 N–H and O–H groups in total. The lowest BCUT2D eigenvalue weighted by atomic mass is 10.2. The lowest BCUT2D eigenvalue weighted by Crippen LogP contribution is -2.05. The van der Waals surface area contributed by atoms with Crippen molar-refractivity contribution in [3.63, 3.8) is 0 Å². The molecular formula is C17H13NO3. The number of aliphatic imine (C=N–C) groups is 1. The molecule has 1 heterocycles. The fourth-order valence-electron chi connectivity index (χ4n) is 2.00. The molecule has 3 rings (SSSR count). The number of benzene rings is 2. The van der Waals surface area contributed by atoms with E-state index < -0.39 is 5.97 Å². The SMILES string of the molecule is COc1cccc(C2=N/C(=C/c3ccccc3)C(=O)O2)c1. The monoisotopic (exact) mass is 279 g/mol. The predicted octanol–water partition coefficient (Wildman–Crippen LogP) is 3.04. The Hall–Kier alpha value is -2.88. The van der Waals surface area contributed by atoms with Crippen molar-refractivity contribution in [3.8, 4) is 5.75 Å². The molecule has 0 amide bonds. The maximum absolute atomic E-state index is 11.9. The number of ether oxygens (including phenoxy) is 2.